The smallest absolute Gasteiger partial charge is 0.224 e. The number of carbonyl (C=O) groups excluding carboxylic acids is 1. The van der Waals surface area contributed by atoms with Gasteiger partial charge in [0.2, 0.25) is 5.91 Å². The molecule has 0 aliphatic heterocycles. The first kappa shape index (κ1) is 17.1. The van der Waals surface area contributed by atoms with Gasteiger partial charge in [-0.3, -0.25) is 4.79 Å². The number of amides is 1. The van der Waals surface area contributed by atoms with Gasteiger partial charge in [-0.05, 0) is 55.7 Å². The predicted octanol–water partition coefficient (Wildman–Crippen LogP) is 4.10. The van der Waals surface area contributed by atoms with Gasteiger partial charge in [-0.15, -0.1) is 0 Å². The van der Waals surface area contributed by atoms with E-state index >= 15 is 0 Å². The zero-order chi connectivity index (χ0) is 17.8. The number of hydrogen-bond donors (Lipinski definition) is 1. The largest absolute Gasteiger partial charge is 0.492 e. The highest BCUT2D eigenvalue weighted by molar-refractivity contribution is 5.87. The number of furan rings is 1. The van der Waals surface area contributed by atoms with Crippen LogP contribution in [0.25, 0.3) is 11.0 Å². The van der Waals surface area contributed by atoms with Crippen molar-refractivity contribution < 1.29 is 13.9 Å². The number of fused-ring (bicyclic) bond motifs is 1. The molecule has 0 aliphatic rings. The monoisotopic (exact) mass is 337 g/mol. The average Bonchev–Trinajstić information content (AvgIpc) is 2.92. The lowest BCUT2D eigenvalue weighted by Crippen LogP contribution is -2.29. The van der Waals surface area contributed by atoms with Crippen molar-refractivity contribution in [3.8, 4) is 5.75 Å². The zero-order valence-corrected chi connectivity index (χ0v) is 14.9. The third-order valence-corrected chi connectivity index (χ3v) is 4.05. The van der Waals surface area contributed by atoms with Crippen LogP contribution in [0, 0.1) is 20.8 Å². The van der Waals surface area contributed by atoms with Crippen LogP contribution >= 0.6 is 0 Å². The van der Waals surface area contributed by atoms with Gasteiger partial charge in [-0.25, -0.2) is 0 Å². The molecule has 2 aromatic carbocycles. The summed E-state index contributed by atoms with van der Waals surface area (Å²) in [6.07, 6.45) is 1.97. The summed E-state index contributed by atoms with van der Waals surface area (Å²) < 4.78 is 11.2. The van der Waals surface area contributed by atoms with Crippen LogP contribution in [0.15, 0.2) is 47.1 Å². The Kier molecular flexibility index (Phi) is 5.08. The molecule has 0 saturated heterocycles. The molecule has 3 aromatic rings. The molecule has 3 rings (SSSR count). The fraction of sp³-hybridized carbons (Fsp3) is 0.286. The average molecular weight is 337 g/mol. The maximum atomic E-state index is 12.1. The first-order valence-electron chi connectivity index (χ1n) is 8.46. The molecule has 0 unspecified atom stereocenters. The molecule has 130 valence electrons. The summed E-state index contributed by atoms with van der Waals surface area (Å²) in [6.45, 7) is 7.02. The van der Waals surface area contributed by atoms with Crippen LogP contribution < -0.4 is 10.1 Å². The molecule has 1 N–H and O–H groups in total. The van der Waals surface area contributed by atoms with Crippen LogP contribution in [0.5, 0.6) is 5.75 Å². The molecular weight excluding hydrogens is 314 g/mol. The molecule has 0 saturated carbocycles. The van der Waals surface area contributed by atoms with Crippen molar-refractivity contribution in [2.24, 2.45) is 0 Å². The van der Waals surface area contributed by atoms with Crippen LogP contribution in [-0.4, -0.2) is 19.1 Å². The number of carbonyl (C=O) groups is 1. The summed E-state index contributed by atoms with van der Waals surface area (Å²) in [4.78, 5) is 12.1. The van der Waals surface area contributed by atoms with E-state index in [0.717, 1.165) is 27.8 Å². The molecule has 25 heavy (non-hydrogen) atoms. The van der Waals surface area contributed by atoms with Gasteiger partial charge in [0.05, 0.1) is 19.2 Å². The Morgan fingerprint density at radius 3 is 2.56 bits per heavy atom. The van der Waals surface area contributed by atoms with Crippen molar-refractivity contribution in [1.82, 2.24) is 5.32 Å². The second kappa shape index (κ2) is 7.43. The van der Waals surface area contributed by atoms with Gasteiger partial charge in [-0.2, -0.15) is 0 Å². The molecular formula is C21H23NO3. The van der Waals surface area contributed by atoms with E-state index in [0.29, 0.717) is 19.6 Å². The minimum Gasteiger partial charge on any atom is -0.492 e. The lowest BCUT2D eigenvalue weighted by molar-refractivity contribution is -0.120. The summed E-state index contributed by atoms with van der Waals surface area (Å²) in [5, 5.41) is 3.88. The Bertz CT molecular complexity index is 875. The number of nitrogens with one attached hydrogen (secondary N) is 1. The Morgan fingerprint density at radius 2 is 1.80 bits per heavy atom. The maximum absolute atomic E-state index is 12.1. The quantitative estimate of drug-likeness (QED) is 0.689. The second-order valence-electron chi connectivity index (χ2n) is 6.46. The van der Waals surface area contributed by atoms with Crippen molar-refractivity contribution in [2.45, 2.75) is 27.2 Å². The summed E-state index contributed by atoms with van der Waals surface area (Å²) >= 11 is 0. The summed E-state index contributed by atoms with van der Waals surface area (Å²) in [7, 11) is 0. The minimum atomic E-state index is -0.0349. The van der Waals surface area contributed by atoms with E-state index in [4.69, 9.17) is 9.15 Å². The maximum Gasteiger partial charge on any atom is 0.224 e. The standard InChI is InChI=1S/C21H23NO3/c1-14-4-5-19-17(13-25-20(19)11-14)12-21(23)22-6-7-24-18-9-15(2)8-16(3)10-18/h4-5,8-11,13H,6-7,12H2,1-3H3,(H,22,23). The Hall–Kier alpha value is -2.75. The molecule has 4 nitrogen and oxygen atoms in total. The van der Waals surface area contributed by atoms with Gasteiger partial charge >= 0.3 is 0 Å². The van der Waals surface area contributed by atoms with Gasteiger partial charge in [-0.1, -0.05) is 18.2 Å². The third kappa shape index (κ3) is 4.41. The number of benzene rings is 2. The topological polar surface area (TPSA) is 51.5 Å². The Morgan fingerprint density at radius 1 is 1.04 bits per heavy atom. The van der Waals surface area contributed by atoms with E-state index in [2.05, 4.69) is 11.4 Å². The third-order valence-electron chi connectivity index (χ3n) is 4.05. The van der Waals surface area contributed by atoms with Crippen LogP contribution in [0.2, 0.25) is 0 Å². The van der Waals surface area contributed by atoms with Gasteiger partial charge in [0.25, 0.3) is 0 Å². The summed E-state index contributed by atoms with van der Waals surface area (Å²) in [5.41, 5.74) is 5.20. The van der Waals surface area contributed by atoms with E-state index in [9.17, 15) is 4.79 Å². The van der Waals surface area contributed by atoms with Crippen LogP contribution in [0.4, 0.5) is 0 Å². The highest BCUT2D eigenvalue weighted by Crippen LogP contribution is 2.22. The highest BCUT2D eigenvalue weighted by Gasteiger charge is 2.10. The number of ether oxygens (including phenoxy) is 1. The van der Waals surface area contributed by atoms with Gasteiger partial charge < -0.3 is 14.5 Å². The Balaban J connectivity index is 1.49. The van der Waals surface area contributed by atoms with Crippen LogP contribution in [0.3, 0.4) is 0 Å². The van der Waals surface area contributed by atoms with E-state index in [-0.39, 0.29) is 5.91 Å². The normalized spacial score (nSPS) is 10.8. The first-order chi connectivity index (χ1) is 12.0. The summed E-state index contributed by atoms with van der Waals surface area (Å²) in [5.74, 6) is 0.801. The SMILES string of the molecule is Cc1cc(C)cc(OCCNC(=O)Cc2coc3cc(C)ccc23)c1. The van der Waals surface area contributed by atoms with Crippen molar-refractivity contribution in [3.63, 3.8) is 0 Å². The van der Waals surface area contributed by atoms with Crippen LogP contribution in [0.1, 0.15) is 22.3 Å². The lowest BCUT2D eigenvalue weighted by Gasteiger charge is -2.09. The van der Waals surface area contributed by atoms with Crippen molar-refractivity contribution in [1.29, 1.82) is 0 Å². The lowest BCUT2D eigenvalue weighted by atomic mass is 10.1. The minimum absolute atomic E-state index is 0.0349. The molecule has 1 amide bonds. The van der Waals surface area contributed by atoms with Crippen LogP contribution in [-0.2, 0) is 11.2 Å². The van der Waals surface area contributed by atoms with Gasteiger partial charge in [0.15, 0.2) is 0 Å². The number of aryl methyl sites for hydroxylation is 3. The van der Waals surface area contributed by atoms with Gasteiger partial charge in [0, 0.05) is 10.9 Å². The fourth-order valence-corrected chi connectivity index (χ4v) is 2.94. The van der Waals surface area contributed by atoms with E-state index in [1.807, 2.05) is 51.1 Å². The number of hydrogen-bond acceptors (Lipinski definition) is 3. The van der Waals surface area contributed by atoms with E-state index < -0.39 is 0 Å². The summed E-state index contributed by atoms with van der Waals surface area (Å²) in [6, 6.07) is 12.1. The molecule has 0 bridgehead atoms. The highest BCUT2D eigenvalue weighted by atomic mass is 16.5. The molecule has 0 aliphatic carbocycles. The van der Waals surface area contributed by atoms with Crippen molar-refractivity contribution in [3.05, 3.63) is 64.9 Å². The predicted molar refractivity (Wildman–Crippen MR) is 99.1 cm³/mol. The molecule has 1 aromatic heterocycles. The van der Waals surface area contributed by atoms with E-state index in [1.165, 1.54) is 11.1 Å². The molecule has 1 heterocycles. The first-order valence-corrected chi connectivity index (χ1v) is 8.46. The van der Waals surface area contributed by atoms with E-state index in [1.54, 1.807) is 6.26 Å². The molecule has 0 fully saturated rings. The second-order valence-corrected chi connectivity index (χ2v) is 6.46. The molecule has 0 radical (unpaired) electrons. The molecule has 0 atom stereocenters. The van der Waals surface area contributed by atoms with Gasteiger partial charge in [0.1, 0.15) is 17.9 Å². The zero-order valence-electron chi connectivity index (χ0n) is 14.9. The number of rotatable bonds is 6. The van der Waals surface area contributed by atoms with Crippen molar-refractivity contribution in [2.75, 3.05) is 13.2 Å². The fourth-order valence-electron chi connectivity index (χ4n) is 2.94. The molecule has 0 spiro atoms. The molecule has 4 heteroatoms. The van der Waals surface area contributed by atoms with Crippen molar-refractivity contribution >= 4 is 16.9 Å². The Labute approximate surface area is 147 Å².